The van der Waals surface area contributed by atoms with Gasteiger partial charge in [0, 0.05) is 6.42 Å². The minimum atomic E-state index is -3.33. The Kier molecular flexibility index (Phi) is 8.52. The lowest BCUT2D eigenvalue weighted by atomic mass is 9.97. The average molecular weight is 336 g/mol. The van der Waals surface area contributed by atoms with Gasteiger partial charge in [0.2, 0.25) is 0 Å². The Morgan fingerprint density at radius 2 is 1.45 bits per heavy atom. The third-order valence-corrected chi connectivity index (χ3v) is 4.64. The number of hydrogen-bond donors (Lipinski definition) is 0. The van der Waals surface area contributed by atoms with Gasteiger partial charge >= 0.3 is 13.6 Å². The number of ketones is 1. The Hall–Kier alpha value is -0.710. The first-order valence-electron chi connectivity index (χ1n) is 7.50. The zero-order valence-corrected chi connectivity index (χ0v) is 15.6. The molecule has 0 aromatic heterocycles. The number of rotatable bonds is 9. The smallest absolute Gasteiger partial charge is 0.331 e. The second kappa shape index (κ2) is 8.80. The van der Waals surface area contributed by atoms with E-state index in [0.717, 1.165) is 0 Å². The molecule has 0 aliphatic heterocycles. The largest absolute Gasteiger partial charge is 0.457 e. The molecule has 0 unspecified atom stereocenters. The minimum Gasteiger partial charge on any atom is -0.457 e. The fourth-order valence-electron chi connectivity index (χ4n) is 1.47. The first-order chi connectivity index (χ1) is 9.85. The van der Waals surface area contributed by atoms with Crippen molar-refractivity contribution in [3.8, 4) is 0 Å². The third kappa shape index (κ3) is 9.34. The molecule has 22 heavy (non-hydrogen) atoms. The molecule has 6 nitrogen and oxygen atoms in total. The summed E-state index contributed by atoms with van der Waals surface area (Å²) in [7, 11) is -3.33. The van der Waals surface area contributed by atoms with Crippen LogP contribution in [0, 0.1) is 5.41 Å². The zero-order chi connectivity index (χ0) is 17.6. The van der Waals surface area contributed by atoms with Crippen molar-refractivity contribution in [2.45, 2.75) is 67.1 Å². The average Bonchev–Trinajstić information content (AvgIpc) is 2.30. The van der Waals surface area contributed by atoms with Gasteiger partial charge in [-0.05, 0) is 48.5 Å². The number of esters is 1. The Morgan fingerprint density at radius 3 is 1.82 bits per heavy atom. The molecule has 7 heteroatoms. The standard InChI is InChI=1S/C15H29O6P/c1-11(2)20-22(18,21-12(3)4)9-8-13(16)10-19-14(17)15(5,6)7/h11-12H,8-10H2,1-7H3. The molecule has 0 amide bonds. The molecule has 130 valence electrons. The summed E-state index contributed by atoms with van der Waals surface area (Å²) in [5.41, 5.74) is -0.656. The maximum Gasteiger partial charge on any atom is 0.331 e. The molecule has 0 radical (unpaired) electrons. The van der Waals surface area contributed by atoms with E-state index in [1.165, 1.54) is 0 Å². The molecule has 0 rings (SSSR count). The highest BCUT2D eigenvalue weighted by Gasteiger charge is 2.29. The van der Waals surface area contributed by atoms with Crippen LogP contribution in [0.3, 0.4) is 0 Å². The van der Waals surface area contributed by atoms with Crippen LogP contribution >= 0.6 is 7.60 Å². The second-order valence-corrected chi connectivity index (χ2v) is 8.85. The van der Waals surface area contributed by atoms with Gasteiger partial charge in [0.1, 0.15) is 6.61 Å². The van der Waals surface area contributed by atoms with Gasteiger partial charge in [-0.3, -0.25) is 14.2 Å². The number of Topliss-reactive ketones (excluding diaryl/α,β-unsaturated/α-hetero) is 1. The maximum absolute atomic E-state index is 12.5. The topological polar surface area (TPSA) is 78.9 Å². The maximum atomic E-state index is 12.5. The Morgan fingerprint density at radius 1 is 1.00 bits per heavy atom. The first-order valence-corrected chi connectivity index (χ1v) is 9.23. The lowest BCUT2D eigenvalue weighted by molar-refractivity contribution is -0.155. The van der Waals surface area contributed by atoms with E-state index in [-0.39, 0.29) is 37.2 Å². The van der Waals surface area contributed by atoms with E-state index in [9.17, 15) is 14.2 Å². The van der Waals surface area contributed by atoms with Gasteiger partial charge in [0.25, 0.3) is 0 Å². The van der Waals surface area contributed by atoms with Gasteiger partial charge in [-0.25, -0.2) is 0 Å². The van der Waals surface area contributed by atoms with Gasteiger partial charge in [-0.2, -0.15) is 0 Å². The molecule has 0 aromatic rings. The predicted molar refractivity (Wildman–Crippen MR) is 85.0 cm³/mol. The van der Waals surface area contributed by atoms with E-state index in [4.69, 9.17) is 13.8 Å². The highest BCUT2D eigenvalue weighted by atomic mass is 31.2. The summed E-state index contributed by atoms with van der Waals surface area (Å²) in [6, 6.07) is 0. The zero-order valence-electron chi connectivity index (χ0n) is 14.7. The van der Waals surface area contributed by atoms with E-state index in [0.29, 0.717) is 0 Å². The minimum absolute atomic E-state index is 0.0186. The summed E-state index contributed by atoms with van der Waals surface area (Å²) < 4.78 is 28.2. The summed E-state index contributed by atoms with van der Waals surface area (Å²) in [5, 5.41) is 0. The van der Waals surface area contributed by atoms with Crippen LogP contribution in [-0.2, 0) is 27.9 Å². The van der Waals surface area contributed by atoms with Crippen LogP contribution in [0.25, 0.3) is 0 Å². The molecule has 0 aliphatic rings. The van der Waals surface area contributed by atoms with Crippen LogP contribution in [0.5, 0.6) is 0 Å². The SMILES string of the molecule is CC(C)OP(=O)(CCC(=O)COC(=O)C(C)(C)C)OC(C)C. The Bertz CT molecular complexity index is 408. The number of hydrogen-bond acceptors (Lipinski definition) is 6. The molecule has 0 aliphatic carbocycles. The van der Waals surface area contributed by atoms with Crippen molar-refractivity contribution in [3.63, 3.8) is 0 Å². The lowest BCUT2D eigenvalue weighted by Crippen LogP contribution is -2.26. The van der Waals surface area contributed by atoms with E-state index >= 15 is 0 Å². The van der Waals surface area contributed by atoms with Crippen LogP contribution in [0.15, 0.2) is 0 Å². The fourth-order valence-corrected chi connectivity index (χ4v) is 3.54. The monoisotopic (exact) mass is 336 g/mol. The number of ether oxygens (including phenoxy) is 1. The Labute approximate surface area is 133 Å². The predicted octanol–water partition coefficient (Wildman–Crippen LogP) is 3.58. The van der Waals surface area contributed by atoms with Crippen LogP contribution in [0.1, 0.15) is 54.9 Å². The summed E-state index contributed by atoms with van der Waals surface area (Å²) in [5.74, 6) is -0.751. The van der Waals surface area contributed by atoms with Gasteiger partial charge in [-0.15, -0.1) is 0 Å². The molecule has 0 saturated heterocycles. The highest BCUT2D eigenvalue weighted by molar-refractivity contribution is 7.53. The molecule has 0 spiro atoms. The summed E-state index contributed by atoms with van der Waals surface area (Å²) >= 11 is 0. The van der Waals surface area contributed by atoms with Crippen molar-refractivity contribution in [3.05, 3.63) is 0 Å². The van der Waals surface area contributed by atoms with Crippen molar-refractivity contribution in [1.82, 2.24) is 0 Å². The van der Waals surface area contributed by atoms with Crippen molar-refractivity contribution in [2.24, 2.45) is 5.41 Å². The fraction of sp³-hybridized carbons (Fsp3) is 0.867. The van der Waals surface area contributed by atoms with Crippen molar-refractivity contribution < 1.29 is 27.9 Å². The normalized spacial score (nSPS) is 12.8. The van der Waals surface area contributed by atoms with Crippen LogP contribution < -0.4 is 0 Å². The van der Waals surface area contributed by atoms with Crippen LogP contribution in [0.4, 0.5) is 0 Å². The lowest BCUT2D eigenvalue weighted by Gasteiger charge is -2.22. The molecule has 0 N–H and O–H groups in total. The molecule has 0 aromatic carbocycles. The van der Waals surface area contributed by atoms with Gasteiger partial charge in [0.15, 0.2) is 5.78 Å². The molecule has 0 atom stereocenters. The summed E-state index contributed by atoms with van der Waals surface area (Å²) in [4.78, 5) is 23.4. The second-order valence-electron chi connectivity index (χ2n) is 6.76. The summed E-state index contributed by atoms with van der Waals surface area (Å²) in [6.45, 7) is 11.8. The number of carbonyl (C=O) groups excluding carboxylic acids is 2. The quantitative estimate of drug-likeness (QED) is 0.473. The molecule has 0 saturated carbocycles. The molecule has 0 bridgehead atoms. The van der Waals surface area contributed by atoms with Crippen LogP contribution in [0.2, 0.25) is 0 Å². The molecular formula is C15H29O6P. The van der Waals surface area contributed by atoms with Crippen molar-refractivity contribution in [2.75, 3.05) is 12.8 Å². The van der Waals surface area contributed by atoms with Gasteiger partial charge < -0.3 is 13.8 Å². The van der Waals surface area contributed by atoms with E-state index < -0.39 is 19.0 Å². The van der Waals surface area contributed by atoms with Crippen molar-refractivity contribution in [1.29, 1.82) is 0 Å². The summed E-state index contributed by atoms with van der Waals surface area (Å²) in [6.07, 6.45) is -0.569. The van der Waals surface area contributed by atoms with Crippen LogP contribution in [-0.4, -0.2) is 36.7 Å². The molecule has 0 fully saturated rings. The van der Waals surface area contributed by atoms with E-state index in [1.807, 2.05) is 0 Å². The number of carbonyl (C=O) groups is 2. The van der Waals surface area contributed by atoms with E-state index in [1.54, 1.807) is 48.5 Å². The highest BCUT2D eigenvalue weighted by Crippen LogP contribution is 2.50. The van der Waals surface area contributed by atoms with Gasteiger partial charge in [-0.1, -0.05) is 0 Å². The van der Waals surface area contributed by atoms with Crippen molar-refractivity contribution >= 4 is 19.3 Å². The molecule has 0 heterocycles. The Balaban J connectivity index is 4.45. The third-order valence-electron chi connectivity index (χ3n) is 2.38. The molecular weight excluding hydrogens is 307 g/mol. The van der Waals surface area contributed by atoms with Gasteiger partial charge in [0.05, 0.1) is 23.8 Å². The first kappa shape index (κ1) is 21.3. The van der Waals surface area contributed by atoms with E-state index in [2.05, 4.69) is 0 Å².